The van der Waals surface area contributed by atoms with Gasteiger partial charge in [-0.2, -0.15) is 0 Å². The van der Waals surface area contributed by atoms with Gasteiger partial charge >= 0.3 is 0 Å². The van der Waals surface area contributed by atoms with E-state index in [9.17, 15) is 0 Å². The minimum atomic E-state index is 0. The van der Waals surface area contributed by atoms with E-state index in [1.807, 2.05) is 11.3 Å². The van der Waals surface area contributed by atoms with Crippen molar-refractivity contribution in [2.24, 2.45) is 0 Å². The van der Waals surface area contributed by atoms with Gasteiger partial charge in [0.2, 0.25) is 0 Å². The normalized spacial score (nSPS) is 19.5. The Morgan fingerprint density at radius 1 is 0.556 bits per heavy atom. The quantitative estimate of drug-likeness (QED) is 0.512. The van der Waals surface area contributed by atoms with Crippen LogP contribution >= 0.6 is 11.3 Å². The van der Waals surface area contributed by atoms with Crippen molar-refractivity contribution in [3.8, 4) is 0 Å². The van der Waals surface area contributed by atoms with Crippen LogP contribution in [0.3, 0.4) is 0 Å². The van der Waals surface area contributed by atoms with Crippen LogP contribution in [-0.4, -0.2) is 0 Å². The van der Waals surface area contributed by atoms with E-state index in [1.54, 1.807) is 0 Å². The SMILES string of the molecule is C[C]1[C](C)[C](C)[C](C)[C]1C.Cc1ccc(C)s1.[Ir]. The molecule has 102 valence electrons. The summed E-state index contributed by atoms with van der Waals surface area (Å²) >= 11 is 1.84. The molecule has 1 aromatic rings. The molecule has 1 fully saturated rings. The molecule has 6 radical (unpaired) electrons. The molecule has 1 heterocycles. The van der Waals surface area contributed by atoms with Gasteiger partial charge in [0.15, 0.2) is 0 Å². The monoisotopic (exact) mass is 440 g/mol. The molecule has 1 aliphatic rings. The maximum atomic E-state index is 2.20. The summed E-state index contributed by atoms with van der Waals surface area (Å²) in [6, 6.07) is 4.28. The maximum Gasteiger partial charge on any atom is 0.00170 e. The molecular weight excluding hydrogens is 416 g/mol. The van der Waals surface area contributed by atoms with E-state index in [0.717, 1.165) is 0 Å². The Kier molecular flexibility index (Phi) is 7.97. The van der Waals surface area contributed by atoms with Gasteiger partial charge in [-0.1, -0.05) is 34.6 Å². The van der Waals surface area contributed by atoms with Gasteiger partial charge in [-0.3, -0.25) is 0 Å². The number of hydrogen-bond donors (Lipinski definition) is 0. The summed E-state index contributed by atoms with van der Waals surface area (Å²) in [5.41, 5.74) is 0. The van der Waals surface area contributed by atoms with Crippen molar-refractivity contribution < 1.29 is 20.1 Å². The van der Waals surface area contributed by atoms with Crippen LogP contribution in [0.1, 0.15) is 44.4 Å². The molecule has 0 spiro atoms. The molecule has 0 aliphatic heterocycles. The smallest absolute Gasteiger partial charge is 0.00170 e. The third-order valence-corrected chi connectivity index (χ3v) is 4.60. The van der Waals surface area contributed by atoms with E-state index >= 15 is 0 Å². The van der Waals surface area contributed by atoms with E-state index in [-0.39, 0.29) is 20.1 Å². The molecule has 0 nitrogen and oxygen atoms in total. The number of aryl methyl sites for hydroxylation is 2. The van der Waals surface area contributed by atoms with Crippen LogP contribution in [0.5, 0.6) is 0 Å². The van der Waals surface area contributed by atoms with Gasteiger partial charge in [-0.15, -0.1) is 11.3 Å². The Morgan fingerprint density at radius 3 is 0.889 bits per heavy atom. The summed E-state index contributed by atoms with van der Waals surface area (Å²) in [5.74, 6) is 7.34. The van der Waals surface area contributed by atoms with Gasteiger partial charge in [-0.25, -0.2) is 0 Å². The average molecular weight is 440 g/mol. The van der Waals surface area contributed by atoms with Crippen LogP contribution in [-0.2, 0) is 20.1 Å². The molecule has 0 atom stereocenters. The maximum absolute atomic E-state index is 2.20. The summed E-state index contributed by atoms with van der Waals surface area (Å²) in [4.78, 5) is 2.80. The first-order valence-electron chi connectivity index (χ1n) is 6.07. The van der Waals surface area contributed by atoms with Crippen LogP contribution in [0.25, 0.3) is 0 Å². The molecule has 2 heteroatoms. The van der Waals surface area contributed by atoms with E-state index in [4.69, 9.17) is 0 Å². The average Bonchev–Trinajstić information content (AvgIpc) is 2.74. The fourth-order valence-corrected chi connectivity index (χ4v) is 2.74. The molecule has 18 heavy (non-hydrogen) atoms. The first-order valence-corrected chi connectivity index (χ1v) is 6.89. The number of thiophene rings is 1. The topological polar surface area (TPSA) is 0 Å². The molecule has 2 rings (SSSR count). The molecule has 0 unspecified atom stereocenters. The van der Waals surface area contributed by atoms with Gasteiger partial charge in [0.1, 0.15) is 0 Å². The van der Waals surface area contributed by atoms with Gasteiger partial charge in [0.05, 0.1) is 0 Å². The largest absolute Gasteiger partial charge is 0.146 e. The molecule has 0 amide bonds. The van der Waals surface area contributed by atoms with Crippen LogP contribution < -0.4 is 0 Å². The van der Waals surface area contributed by atoms with Gasteiger partial charge < -0.3 is 0 Å². The Bertz CT molecular complexity index is 283. The first kappa shape index (κ1) is 18.3. The molecule has 0 bridgehead atoms. The third kappa shape index (κ3) is 4.47. The second-order valence-corrected chi connectivity index (χ2v) is 6.27. The van der Waals surface area contributed by atoms with E-state index in [2.05, 4.69) is 60.6 Å². The van der Waals surface area contributed by atoms with E-state index in [0.29, 0.717) is 0 Å². The molecule has 0 saturated heterocycles. The number of hydrogen-bond acceptors (Lipinski definition) is 1. The van der Waals surface area contributed by atoms with E-state index < -0.39 is 0 Å². The first-order chi connectivity index (χ1) is 7.84. The van der Waals surface area contributed by atoms with Crippen molar-refractivity contribution in [1.29, 1.82) is 0 Å². The third-order valence-electron chi connectivity index (χ3n) is 3.69. The minimum absolute atomic E-state index is 0. The zero-order valence-electron chi connectivity index (χ0n) is 12.4. The molecule has 0 aromatic carbocycles. The molecule has 1 aromatic heterocycles. The predicted molar refractivity (Wildman–Crippen MR) is 78.4 cm³/mol. The predicted octanol–water partition coefficient (Wildman–Crippen LogP) is 5.33. The Labute approximate surface area is 131 Å². The summed E-state index contributed by atoms with van der Waals surface area (Å²) in [6.45, 7) is 15.2. The zero-order valence-corrected chi connectivity index (χ0v) is 15.6. The van der Waals surface area contributed by atoms with Crippen LogP contribution in [0.4, 0.5) is 0 Å². The van der Waals surface area contributed by atoms with Crippen molar-refractivity contribution in [3.63, 3.8) is 0 Å². The Balaban J connectivity index is 0.000000321. The Morgan fingerprint density at radius 2 is 0.778 bits per heavy atom. The van der Waals surface area contributed by atoms with Crippen LogP contribution in [0, 0.1) is 43.4 Å². The van der Waals surface area contributed by atoms with E-state index in [1.165, 1.54) is 39.3 Å². The minimum Gasteiger partial charge on any atom is -0.146 e. The standard InChI is InChI=1S/C10H15.C6H8S.Ir/c1-6-7(2)9(4)10(5)8(6)3;1-5-3-4-6(2)7-5;/h1-5H3;3-4H,1-2H3;. The summed E-state index contributed by atoms with van der Waals surface area (Å²) < 4.78 is 0. The van der Waals surface area contributed by atoms with Crippen molar-refractivity contribution in [2.45, 2.75) is 48.5 Å². The molecular formula is C16H23IrS. The van der Waals surface area contributed by atoms with Crippen LogP contribution in [0.15, 0.2) is 12.1 Å². The van der Waals surface area contributed by atoms with Crippen molar-refractivity contribution in [1.82, 2.24) is 0 Å². The molecule has 1 saturated carbocycles. The second-order valence-electron chi connectivity index (χ2n) is 4.78. The van der Waals surface area contributed by atoms with Crippen molar-refractivity contribution >= 4 is 11.3 Å². The van der Waals surface area contributed by atoms with Gasteiger partial charge in [-0.05, 0) is 55.6 Å². The van der Waals surface area contributed by atoms with Gasteiger partial charge in [0, 0.05) is 29.9 Å². The second kappa shape index (κ2) is 7.82. The summed E-state index contributed by atoms with van der Waals surface area (Å²) in [7, 11) is 0. The number of rotatable bonds is 0. The van der Waals surface area contributed by atoms with Crippen molar-refractivity contribution in [2.75, 3.05) is 0 Å². The molecule has 1 aliphatic carbocycles. The van der Waals surface area contributed by atoms with Crippen molar-refractivity contribution in [3.05, 3.63) is 51.5 Å². The summed E-state index contributed by atoms with van der Waals surface area (Å²) in [6.07, 6.45) is 0. The van der Waals surface area contributed by atoms with Gasteiger partial charge in [0.25, 0.3) is 0 Å². The molecule has 0 N–H and O–H groups in total. The van der Waals surface area contributed by atoms with Crippen LogP contribution in [0.2, 0.25) is 0 Å². The fourth-order valence-electron chi connectivity index (χ4n) is 1.96. The fraction of sp³-hybridized carbons (Fsp3) is 0.438. The summed E-state index contributed by atoms with van der Waals surface area (Å²) in [5, 5.41) is 0. The Hall–Kier alpha value is 0.349. The zero-order chi connectivity index (χ0) is 13.2.